The SMILES string of the molecule is CCCCCC/C=C\C/C=C\CCCCCCCCCCOCC(CO)OC(=O)CCCCCCCCCCC/C=C\CCCCCCCC. The Labute approximate surface area is 312 Å². The Morgan fingerprint density at radius 3 is 1.28 bits per heavy atom. The molecule has 0 heterocycles. The lowest BCUT2D eigenvalue weighted by Gasteiger charge is -2.16. The van der Waals surface area contributed by atoms with Crippen molar-refractivity contribution in [3.63, 3.8) is 0 Å². The zero-order valence-electron chi connectivity index (χ0n) is 33.7. The van der Waals surface area contributed by atoms with Crippen LogP contribution in [-0.2, 0) is 14.3 Å². The smallest absolute Gasteiger partial charge is 0.306 e. The molecule has 4 nitrogen and oxygen atoms in total. The number of ether oxygens (including phenoxy) is 2. The minimum absolute atomic E-state index is 0.173. The molecule has 0 fully saturated rings. The summed E-state index contributed by atoms with van der Waals surface area (Å²) in [6, 6.07) is 0. The van der Waals surface area contributed by atoms with E-state index in [1.54, 1.807) is 0 Å². The van der Waals surface area contributed by atoms with E-state index in [-0.39, 0.29) is 12.6 Å². The van der Waals surface area contributed by atoms with Crippen LogP contribution in [0, 0.1) is 0 Å². The van der Waals surface area contributed by atoms with E-state index in [1.807, 2.05) is 0 Å². The van der Waals surface area contributed by atoms with Gasteiger partial charge in [-0.1, -0.05) is 185 Å². The van der Waals surface area contributed by atoms with E-state index in [0.717, 1.165) is 25.7 Å². The Hall–Kier alpha value is -1.39. The van der Waals surface area contributed by atoms with Crippen LogP contribution in [0.4, 0.5) is 0 Å². The summed E-state index contributed by atoms with van der Waals surface area (Å²) in [5.41, 5.74) is 0. The fourth-order valence-electron chi connectivity index (χ4n) is 6.35. The number of unbranched alkanes of at least 4 members (excludes halogenated alkanes) is 27. The molecule has 0 aliphatic heterocycles. The molecule has 0 amide bonds. The summed E-state index contributed by atoms with van der Waals surface area (Å²) in [5.74, 6) is -0.203. The maximum absolute atomic E-state index is 12.2. The number of hydrogen-bond acceptors (Lipinski definition) is 4. The Balaban J connectivity index is 3.42. The second-order valence-electron chi connectivity index (χ2n) is 14.8. The molecule has 0 aromatic rings. The third-order valence-electron chi connectivity index (χ3n) is 9.69. The Bertz CT molecular complexity index is 742. The van der Waals surface area contributed by atoms with Crippen molar-refractivity contribution in [3.05, 3.63) is 36.5 Å². The van der Waals surface area contributed by atoms with Crippen LogP contribution in [0.5, 0.6) is 0 Å². The van der Waals surface area contributed by atoms with Crippen molar-refractivity contribution < 1.29 is 19.4 Å². The van der Waals surface area contributed by atoms with Gasteiger partial charge in [-0.15, -0.1) is 0 Å². The van der Waals surface area contributed by atoms with Crippen molar-refractivity contribution >= 4 is 5.97 Å². The van der Waals surface area contributed by atoms with Gasteiger partial charge in [-0.3, -0.25) is 4.79 Å². The van der Waals surface area contributed by atoms with Gasteiger partial charge in [0, 0.05) is 13.0 Å². The first-order chi connectivity index (χ1) is 24.7. The van der Waals surface area contributed by atoms with Crippen molar-refractivity contribution in [1.29, 1.82) is 0 Å². The molecular formula is C46H86O4. The van der Waals surface area contributed by atoms with Crippen molar-refractivity contribution in [2.24, 2.45) is 0 Å². The molecule has 0 spiro atoms. The number of allylic oxidation sites excluding steroid dienone is 6. The molecule has 0 aromatic heterocycles. The molecule has 0 saturated heterocycles. The quantitative estimate of drug-likeness (QED) is 0.0391. The summed E-state index contributed by atoms with van der Waals surface area (Å²) in [7, 11) is 0. The maximum atomic E-state index is 12.2. The monoisotopic (exact) mass is 703 g/mol. The summed E-state index contributed by atoms with van der Waals surface area (Å²) in [4.78, 5) is 12.2. The average molecular weight is 703 g/mol. The molecule has 0 aromatic carbocycles. The fraction of sp³-hybridized carbons (Fsp3) is 0.848. The Morgan fingerprint density at radius 1 is 0.480 bits per heavy atom. The second-order valence-corrected chi connectivity index (χ2v) is 14.8. The van der Waals surface area contributed by atoms with E-state index in [4.69, 9.17) is 9.47 Å². The number of rotatable bonds is 41. The molecule has 0 saturated carbocycles. The first kappa shape index (κ1) is 48.6. The van der Waals surface area contributed by atoms with Crippen molar-refractivity contribution in [2.45, 2.75) is 232 Å². The number of aliphatic hydroxyl groups excluding tert-OH is 1. The number of esters is 1. The van der Waals surface area contributed by atoms with Crippen LogP contribution in [-0.4, -0.2) is 37.0 Å². The van der Waals surface area contributed by atoms with Crippen molar-refractivity contribution in [1.82, 2.24) is 0 Å². The lowest BCUT2D eigenvalue weighted by atomic mass is 10.1. The van der Waals surface area contributed by atoms with Crippen LogP contribution < -0.4 is 0 Å². The van der Waals surface area contributed by atoms with E-state index in [2.05, 4.69) is 50.3 Å². The number of carbonyl (C=O) groups excluding carboxylic acids is 1. The van der Waals surface area contributed by atoms with Crippen molar-refractivity contribution in [3.8, 4) is 0 Å². The molecule has 1 atom stereocenters. The van der Waals surface area contributed by atoms with Gasteiger partial charge in [-0.05, 0) is 70.6 Å². The molecule has 4 heteroatoms. The first-order valence-corrected chi connectivity index (χ1v) is 22.1. The predicted molar refractivity (Wildman–Crippen MR) is 219 cm³/mol. The third kappa shape index (κ3) is 41.0. The van der Waals surface area contributed by atoms with E-state index < -0.39 is 6.10 Å². The highest BCUT2D eigenvalue weighted by Gasteiger charge is 2.13. The third-order valence-corrected chi connectivity index (χ3v) is 9.69. The molecule has 0 radical (unpaired) electrons. The second kappa shape index (κ2) is 43.8. The van der Waals surface area contributed by atoms with E-state index in [1.165, 1.54) is 180 Å². The van der Waals surface area contributed by atoms with Gasteiger partial charge in [0.1, 0.15) is 6.10 Å². The highest BCUT2D eigenvalue weighted by Crippen LogP contribution is 2.14. The molecule has 0 bridgehead atoms. The molecule has 0 aliphatic carbocycles. The summed E-state index contributed by atoms with van der Waals surface area (Å²) in [6.45, 7) is 5.33. The van der Waals surface area contributed by atoms with E-state index in [9.17, 15) is 9.90 Å². The normalized spacial score (nSPS) is 12.6. The standard InChI is InChI=1S/C46H86O4/c1-3-5-7-9-11-13-15-17-19-21-23-25-27-29-31-33-35-37-39-41-46(48)50-45(43-47)44-49-42-40-38-36-34-32-30-28-26-24-22-20-18-16-14-12-10-8-6-4-2/h14,16-17,19-20,22,45,47H,3-13,15,18,21,23-44H2,1-2H3/b16-14-,19-17-,22-20-. The number of aliphatic hydroxyl groups is 1. The van der Waals surface area contributed by atoms with Crippen LogP contribution in [0.25, 0.3) is 0 Å². The maximum Gasteiger partial charge on any atom is 0.306 e. The van der Waals surface area contributed by atoms with Gasteiger partial charge in [-0.25, -0.2) is 0 Å². The van der Waals surface area contributed by atoms with E-state index >= 15 is 0 Å². The zero-order chi connectivity index (χ0) is 36.3. The molecule has 0 rings (SSSR count). The number of hydrogen-bond donors (Lipinski definition) is 1. The lowest BCUT2D eigenvalue weighted by Crippen LogP contribution is -2.27. The zero-order valence-corrected chi connectivity index (χ0v) is 33.7. The highest BCUT2D eigenvalue weighted by molar-refractivity contribution is 5.69. The van der Waals surface area contributed by atoms with Gasteiger partial charge >= 0.3 is 5.97 Å². The van der Waals surface area contributed by atoms with Gasteiger partial charge in [-0.2, -0.15) is 0 Å². The molecule has 294 valence electrons. The topological polar surface area (TPSA) is 55.8 Å². The largest absolute Gasteiger partial charge is 0.457 e. The van der Waals surface area contributed by atoms with Crippen LogP contribution in [0.2, 0.25) is 0 Å². The molecular weight excluding hydrogens is 617 g/mol. The summed E-state index contributed by atoms with van der Waals surface area (Å²) >= 11 is 0. The highest BCUT2D eigenvalue weighted by atomic mass is 16.6. The molecule has 50 heavy (non-hydrogen) atoms. The lowest BCUT2D eigenvalue weighted by molar-refractivity contribution is -0.154. The average Bonchev–Trinajstić information content (AvgIpc) is 3.12. The van der Waals surface area contributed by atoms with Gasteiger partial charge in [0.15, 0.2) is 0 Å². The van der Waals surface area contributed by atoms with Gasteiger partial charge in [0.2, 0.25) is 0 Å². The Kier molecular flexibility index (Phi) is 42.6. The predicted octanol–water partition coefficient (Wildman–Crippen LogP) is 14.5. The molecule has 1 N–H and O–H groups in total. The number of carbonyl (C=O) groups is 1. The van der Waals surface area contributed by atoms with Crippen LogP contribution in [0.1, 0.15) is 226 Å². The van der Waals surface area contributed by atoms with Crippen LogP contribution in [0.15, 0.2) is 36.5 Å². The molecule has 0 aliphatic rings. The molecule has 1 unspecified atom stereocenters. The summed E-state index contributed by atoms with van der Waals surface area (Å²) in [6.07, 6.45) is 54.9. The minimum Gasteiger partial charge on any atom is -0.457 e. The first-order valence-electron chi connectivity index (χ1n) is 22.1. The van der Waals surface area contributed by atoms with Crippen LogP contribution >= 0.6 is 0 Å². The van der Waals surface area contributed by atoms with Gasteiger partial charge in [0.05, 0.1) is 13.2 Å². The minimum atomic E-state index is -0.537. The van der Waals surface area contributed by atoms with E-state index in [0.29, 0.717) is 19.6 Å². The Morgan fingerprint density at radius 2 is 0.840 bits per heavy atom. The fourth-order valence-corrected chi connectivity index (χ4v) is 6.35. The summed E-state index contributed by atoms with van der Waals surface area (Å²) in [5, 5.41) is 9.61. The van der Waals surface area contributed by atoms with Crippen LogP contribution in [0.3, 0.4) is 0 Å². The summed E-state index contributed by atoms with van der Waals surface area (Å²) < 4.78 is 11.2. The van der Waals surface area contributed by atoms with Gasteiger partial charge in [0.25, 0.3) is 0 Å². The van der Waals surface area contributed by atoms with Crippen molar-refractivity contribution in [2.75, 3.05) is 19.8 Å². The van der Waals surface area contributed by atoms with Gasteiger partial charge < -0.3 is 14.6 Å².